The quantitative estimate of drug-likeness (QED) is 0.261. The number of ether oxygens (including phenoxy) is 2. The number of carbonyl (C=O) groups excluding carboxylic acids is 2. The minimum Gasteiger partial charge on any atom is -0.481 e. The summed E-state index contributed by atoms with van der Waals surface area (Å²) in [7, 11) is 0. The summed E-state index contributed by atoms with van der Waals surface area (Å²) in [4.78, 5) is 31.8. The van der Waals surface area contributed by atoms with Gasteiger partial charge in [0.05, 0.1) is 12.8 Å². The van der Waals surface area contributed by atoms with Crippen molar-refractivity contribution in [2.45, 2.75) is 16.3 Å². The van der Waals surface area contributed by atoms with Gasteiger partial charge in [-0.15, -0.1) is 0 Å². The van der Waals surface area contributed by atoms with E-state index in [0.717, 1.165) is 0 Å². The molecule has 0 radical (unpaired) electrons. The van der Waals surface area contributed by atoms with Crippen LogP contribution in [0, 0.1) is 0 Å². The number of hydrogen-bond donors (Lipinski definition) is 4. The number of carboxylic acids is 1. The van der Waals surface area contributed by atoms with Gasteiger partial charge in [0, 0.05) is 0 Å². The summed E-state index contributed by atoms with van der Waals surface area (Å²) in [5, 5.41) is 8.23. The summed E-state index contributed by atoms with van der Waals surface area (Å²) in [6, 6.07) is 0. The van der Waals surface area contributed by atoms with Crippen LogP contribution in [0.2, 0.25) is 0 Å². The molecule has 0 aliphatic heterocycles. The van der Waals surface area contributed by atoms with Crippen LogP contribution in [0.1, 0.15) is 12.8 Å². The van der Waals surface area contributed by atoms with E-state index < -0.39 is 21.5 Å². The Morgan fingerprint density at radius 1 is 1.19 bits per heavy atom. The molecule has 0 atom stereocenters. The first-order valence-corrected chi connectivity index (χ1v) is 5.31. The molecular weight excluding hydrogens is 276 g/mol. The molecule has 9 heteroatoms. The van der Waals surface area contributed by atoms with Gasteiger partial charge in [0.25, 0.3) is 0 Å². The smallest absolute Gasteiger partial charge is 0.481 e. The summed E-state index contributed by atoms with van der Waals surface area (Å²) >= 11 is 11.4. The molecule has 0 saturated heterocycles. The molecule has 0 rings (SSSR count). The van der Waals surface area contributed by atoms with Crippen molar-refractivity contribution in [1.82, 2.24) is 0 Å². The number of aliphatic carboxylic acids is 1. The molecule has 0 aromatic rings. The Balaban J connectivity index is 3.79. The first kappa shape index (κ1) is 15.5. The van der Waals surface area contributed by atoms with Gasteiger partial charge in [-0.3, -0.25) is 9.59 Å². The third kappa shape index (κ3) is 9.99. The number of thiol groups is 3. The highest BCUT2D eigenvalue weighted by Gasteiger charge is 2.22. The average molecular weight is 286 g/mol. The Morgan fingerprint density at radius 2 is 1.75 bits per heavy atom. The van der Waals surface area contributed by atoms with Crippen LogP contribution < -0.4 is 0 Å². The Morgan fingerprint density at radius 3 is 2.19 bits per heavy atom. The zero-order valence-electron chi connectivity index (χ0n) is 7.95. The van der Waals surface area contributed by atoms with E-state index in [1.165, 1.54) is 0 Å². The lowest BCUT2D eigenvalue weighted by Gasteiger charge is -2.12. The topological polar surface area (TPSA) is 89.9 Å². The van der Waals surface area contributed by atoms with E-state index in [4.69, 9.17) is 5.11 Å². The van der Waals surface area contributed by atoms with E-state index in [1.54, 1.807) is 0 Å². The Kier molecular flexibility index (Phi) is 6.68. The summed E-state index contributed by atoms with van der Waals surface area (Å²) < 4.78 is 7.27. The zero-order chi connectivity index (χ0) is 12.8. The monoisotopic (exact) mass is 286 g/mol. The van der Waals surface area contributed by atoms with Crippen molar-refractivity contribution < 1.29 is 29.0 Å². The van der Waals surface area contributed by atoms with E-state index in [9.17, 15) is 14.4 Å². The van der Waals surface area contributed by atoms with Crippen molar-refractivity contribution in [3.63, 3.8) is 0 Å². The maximum atomic E-state index is 11.0. The van der Waals surface area contributed by atoms with E-state index in [-0.39, 0.29) is 19.4 Å². The highest BCUT2D eigenvalue weighted by atomic mass is 32.2. The van der Waals surface area contributed by atoms with Crippen LogP contribution in [-0.4, -0.2) is 33.2 Å². The molecular formula is C7H10O6S3. The Bertz CT molecular complexity index is 284. The number of hydrogen-bond acceptors (Lipinski definition) is 8. The third-order valence-corrected chi connectivity index (χ3v) is 1.59. The molecule has 16 heavy (non-hydrogen) atoms. The van der Waals surface area contributed by atoms with Crippen molar-refractivity contribution in [2.75, 3.05) is 6.61 Å². The van der Waals surface area contributed by atoms with Gasteiger partial charge in [-0.1, -0.05) is 0 Å². The molecule has 6 nitrogen and oxygen atoms in total. The molecule has 0 aromatic carbocycles. The van der Waals surface area contributed by atoms with Gasteiger partial charge in [0.15, 0.2) is 0 Å². The molecule has 1 N–H and O–H groups in total. The van der Waals surface area contributed by atoms with Crippen LogP contribution in [-0.2, 0) is 19.1 Å². The van der Waals surface area contributed by atoms with Crippen molar-refractivity contribution in [3.05, 3.63) is 0 Å². The van der Waals surface area contributed by atoms with Gasteiger partial charge < -0.3 is 14.6 Å². The minimum absolute atomic E-state index is 0.323. The SMILES string of the molecule is O=C(O)CCOC(=O)OC(=O)CC(S)(S)S. The summed E-state index contributed by atoms with van der Waals surface area (Å²) in [5.41, 5.74) is 0. The molecule has 0 bridgehead atoms. The summed E-state index contributed by atoms with van der Waals surface area (Å²) in [5.74, 6) is -2.04. The van der Waals surface area contributed by atoms with Crippen LogP contribution in [0.15, 0.2) is 0 Å². The zero-order valence-corrected chi connectivity index (χ0v) is 10.6. The number of carbonyl (C=O) groups is 3. The normalized spacial score (nSPS) is 10.7. The largest absolute Gasteiger partial charge is 0.516 e. The van der Waals surface area contributed by atoms with Gasteiger partial charge in [0.2, 0.25) is 0 Å². The predicted octanol–water partition coefficient (Wildman–Crippen LogP) is 0.974. The van der Waals surface area contributed by atoms with E-state index in [2.05, 4.69) is 47.4 Å². The van der Waals surface area contributed by atoms with E-state index >= 15 is 0 Å². The number of rotatable bonds is 5. The summed E-state index contributed by atoms with van der Waals surface area (Å²) in [6.45, 7) is -0.366. The second kappa shape index (κ2) is 6.92. The first-order chi connectivity index (χ1) is 7.20. The van der Waals surface area contributed by atoms with Crippen LogP contribution in [0.3, 0.4) is 0 Å². The second-order valence-corrected chi connectivity index (χ2v) is 6.02. The van der Waals surface area contributed by atoms with Crippen molar-refractivity contribution in [1.29, 1.82) is 0 Å². The fourth-order valence-electron chi connectivity index (χ4n) is 0.574. The minimum atomic E-state index is -1.26. The highest BCUT2D eigenvalue weighted by molar-refractivity contribution is 8.17. The molecule has 0 unspecified atom stereocenters. The van der Waals surface area contributed by atoms with E-state index in [1.807, 2.05) is 0 Å². The molecule has 0 amide bonds. The number of esters is 1. The maximum absolute atomic E-state index is 11.0. The van der Waals surface area contributed by atoms with Gasteiger partial charge >= 0.3 is 18.1 Å². The lowest BCUT2D eigenvalue weighted by Crippen LogP contribution is -2.19. The first-order valence-electron chi connectivity index (χ1n) is 3.97. The van der Waals surface area contributed by atoms with Crippen molar-refractivity contribution >= 4 is 56.0 Å². The molecule has 92 valence electrons. The average Bonchev–Trinajstić information content (AvgIpc) is 1.98. The van der Waals surface area contributed by atoms with Crippen LogP contribution in [0.5, 0.6) is 0 Å². The fraction of sp³-hybridized carbons (Fsp3) is 0.571. The lowest BCUT2D eigenvalue weighted by atomic mass is 10.5. The molecule has 0 aliphatic rings. The number of carboxylic acid groups (broad SMARTS) is 1. The van der Waals surface area contributed by atoms with Crippen LogP contribution in [0.25, 0.3) is 0 Å². The van der Waals surface area contributed by atoms with E-state index in [0.29, 0.717) is 0 Å². The van der Waals surface area contributed by atoms with Gasteiger partial charge in [0.1, 0.15) is 10.0 Å². The summed E-state index contributed by atoms with van der Waals surface area (Å²) in [6.07, 6.45) is -1.94. The third-order valence-electron chi connectivity index (χ3n) is 1.11. The van der Waals surface area contributed by atoms with Gasteiger partial charge in [-0.25, -0.2) is 4.79 Å². The van der Waals surface area contributed by atoms with Crippen molar-refractivity contribution in [2.24, 2.45) is 0 Å². The Labute approximate surface area is 108 Å². The maximum Gasteiger partial charge on any atom is 0.516 e. The van der Waals surface area contributed by atoms with Crippen molar-refractivity contribution in [3.8, 4) is 0 Å². The standard InChI is InChI=1S/C7H10O6S3/c8-4(9)1-2-12-6(11)13-5(10)3-7(14,15)16/h14-16H,1-3H2,(H,8,9). The fourth-order valence-corrected chi connectivity index (χ4v) is 0.961. The Hall–Kier alpha value is -0.540. The molecule has 0 heterocycles. The van der Waals surface area contributed by atoms with Crippen LogP contribution in [0.4, 0.5) is 4.79 Å². The highest BCUT2D eigenvalue weighted by Crippen LogP contribution is 2.28. The lowest BCUT2D eigenvalue weighted by molar-refractivity contribution is -0.140. The van der Waals surface area contributed by atoms with Gasteiger partial charge in [-0.05, 0) is 0 Å². The molecule has 0 aromatic heterocycles. The molecule has 0 spiro atoms. The van der Waals surface area contributed by atoms with Crippen LogP contribution >= 0.6 is 37.9 Å². The molecule has 0 aliphatic carbocycles. The molecule has 0 saturated carbocycles. The predicted molar refractivity (Wildman–Crippen MR) is 64.0 cm³/mol. The van der Waals surface area contributed by atoms with Gasteiger partial charge in [-0.2, -0.15) is 37.9 Å². The molecule has 0 fully saturated rings. The second-order valence-electron chi connectivity index (χ2n) is 2.67.